The largest absolute Gasteiger partial charge is 0.343 e. The Labute approximate surface area is 101 Å². The van der Waals surface area contributed by atoms with Crippen molar-refractivity contribution >= 4 is 23.0 Å². The number of fused-ring (bicyclic) bond motifs is 1. The molecule has 0 unspecified atom stereocenters. The van der Waals surface area contributed by atoms with Crippen LogP contribution in [-0.2, 0) is 4.79 Å². The summed E-state index contributed by atoms with van der Waals surface area (Å²) in [5.74, 6) is 0.544. The minimum absolute atomic E-state index is 0.202. The summed E-state index contributed by atoms with van der Waals surface area (Å²) < 4.78 is 0. The fourth-order valence-corrected chi connectivity index (χ4v) is 1.61. The van der Waals surface area contributed by atoms with Crippen LogP contribution < -0.4 is 5.32 Å². The number of carbonyl (C=O) groups excluding carboxylic acids is 1. The van der Waals surface area contributed by atoms with Crippen LogP contribution in [0.4, 0.5) is 5.95 Å². The van der Waals surface area contributed by atoms with Crippen LogP contribution in [0.5, 0.6) is 0 Å². The summed E-state index contributed by atoms with van der Waals surface area (Å²) in [5, 5.41) is 2.53. The maximum absolute atomic E-state index is 11.0. The molecule has 3 N–H and O–H groups in total. The van der Waals surface area contributed by atoms with E-state index in [0.717, 1.165) is 0 Å². The molecule has 0 aliphatic heterocycles. The number of H-pyrrole nitrogens is 2. The van der Waals surface area contributed by atoms with Crippen LogP contribution in [0.25, 0.3) is 22.7 Å². The van der Waals surface area contributed by atoms with Crippen molar-refractivity contribution in [3.05, 3.63) is 18.7 Å². The number of nitrogens with zero attached hydrogens (tertiary/aromatic N) is 4. The Morgan fingerprint density at radius 1 is 1.28 bits per heavy atom. The van der Waals surface area contributed by atoms with E-state index in [1.807, 2.05) is 0 Å². The highest BCUT2D eigenvalue weighted by molar-refractivity contribution is 5.90. The molecule has 0 bridgehead atoms. The van der Waals surface area contributed by atoms with Gasteiger partial charge in [-0.05, 0) is 0 Å². The molecule has 3 aromatic rings. The third-order valence-electron chi connectivity index (χ3n) is 2.30. The molecule has 3 rings (SSSR count). The number of carbonyl (C=O) groups is 1. The first-order valence-corrected chi connectivity index (χ1v) is 5.22. The number of rotatable bonds is 2. The van der Waals surface area contributed by atoms with Gasteiger partial charge < -0.3 is 9.97 Å². The van der Waals surface area contributed by atoms with Crippen molar-refractivity contribution < 1.29 is 4.79 Å². The van der Waals surface area contributed by atoms with Gasteiger partial charge in [-0.25, -0.2) is 15.0 Å². The van der Waals surface area contributed by atoms with Gasteiger partial charge in [-0.15, -0.1) is 0 Å². The Hall–Kier alpha value is -2.77. The van der Waals surface area contributed by atoms with Crippen LogP contribution in [-0.4, -0.2) is 35.8 Å². The Kier molecular flexibility index (Phi) is 2.26. The van der Waals surface area contributed by atoms with Gasteiger partial charge in [0.15, 0.2) is 11.5 Å². The van der Waals surface area contributed by atoms with Gasteiger partial charge in [0.2, 0.25) is 11.9 Å². The van der Waals surface area contributed by atoms with Gasteiger partial charge in [-0.1, -0.05) is 0 Å². The lowest BCUT2D eigenvalue weighted by Gasteiger charge is -2.03. The van der Waals surface area contributed by atoms with Gasteiger partial charge in [-0.2, -0.15) is 4.98 Å². The van der Waals surface area contributed by atoms with Crippen molar-refractivity contribution in [3.63, 3.8) is 0 Å². The molecule has 0 spiro atoms. The maximum Gasteiger partial charge on any atom is 0.232 e. The molecule has 3 aromatic heterocycles. The van der Waals surface area contributed by atoms with Crippen molar-refractivity contribution in [1.82, 2.24) is 29.9 Å². The molecule has 90 valence electrons. The standard InChI is InChI=1S/C10H9N7O/c1-5(18)15-10-16-7(8-11-2-3-12-8)6-9(17-10)14-4-13-6/h2-4H,1H3,(H,11,12)(H2,13,14,15,16,17,18). The van der Waals surface area contributed by atoms with E-state index in [1.165, 1.54) is 13.3 Å². The number of amides is 1. The predicted octanol–water partition coefficient (Wildman–Crippen LogP) is 0.701. The van der Waals surface area contributed by atoms with Crippen LogP contribution in [0, 0.1) is 0 Å². The van der Waals surface area contributed by atoms with Crippen molar-refractivity contribution in [2.45, 2.75) is 6.92 Å². The molecule has 18 heavy (non-hydrogen) atoms. The molecule has 0 aliphatic carbocycles. The Balaban J connectivity index is 2.21. The summed E-state index contributed by atoms with van der Waals surface area (Å²) in [5.41, 5.74) is 1.70. The summed E-state index contributed by atoms with van der Waals surface area (Å²) >= 11 is 0. The van der Waals surface area contributed by atoms with E-state index in [0.29, 0.717) is 22.7 Å². The zero-order valence-corrected chi connectivity index (χ0v) is 9.43. The quantitative estimate of drug-likeness (QED) is 0.613. The number of anilines is 1. The van der Waals surface area contributed by atoms with Crippen LogP contribution in [0.1, 0.15) is 6.92 Å². The van der Waals surface area contributed by atoms with Crippen LogP contribution in [0.2, 0.25) is 0 Å². The maximum atomic E-state index is 11.0. The third kappa shape index (κ3) is 1.69. The fourth-order valence-electron chi connectivity index (χ4n) is 1.61. The lowest BCUT2D eigenvalue weighted by molar-refractivity contribution is -0.114. The zero-order valence-electron chi connectivity index (χ0n) is 9.43. The van der Waals surface area contributed by atoms with Crippen LogP contribution in [0.15, 0.2) is 18.7 Å². The van der Waals surface area contributed by atoms with E-state index in [9.17, 15) is 4.79 Å². The smallest absolute Gasteiger partial charge is 0.232 e. The second-order valence-corrected chi connectivity index (χ2v) is 3.62. The van der Waals surface area contributed by atoms with Crippen molar-refractivity contribution in [2.75, 3.05) is 5.32 Å². The molecule has 0 radical (unpaired) electrons. The molecule has 3 heterocycles. The van der Waals surface area contributed by atoms with Crippen LogP contribution >= 0.6 is 0 Å². The molecular formula is C10H9N7O. The first kappa shape index (κ1) is 10.4. The van der Waals surface area contributed by atoms with Gasteiger partial charge in [-0.3, -0.25) is 10.1 Å². The van der Waals surface area contributed by atoms with Gasteiger partial charge in [0, 0.05) is 19.3 Å². The molecule has 0 atom stereocenters. The molecule has 0 saturated carbocycles. The zero-order chi connectivity index (χ0) is 12.5. The SMILES string of the molecule is CC(=O)Nc1nc(-c2ncc[nH]2)c2[nH]cnc2n1. The van der Waals surface area contributed by atoms with Gasteiger partial charge in [0.1, 0.15) is 11.2 Å². The van der Waals surface area contributed by atoms with Crippen LogP contribution in [0.3, 0.4) is 0 Å². The highest BCUT2D eigenvalue weighted by atomic mass is 16.1. The van der Waals surface area contributed by atoms with E-state index in [-0.39, 0.29) is 11.9 Å². The average molecular weight is 243 g/mol. The topological polar surface area (TPSA) is 112 Å². The second kappa shape index (κ2) is 3.91. The Morgan fingerprint density at radius 3 is 2.89 bits per heavy atom. The number of hydrogen-bond donors (Lipinski definition) is 3. The third-order valence-corrected chi connectivity index (χ3v) is 2.30. The van der Waals surface area contributed by atoms with Gasteiger partial charge >= 0.3 is 0 Å². The Bertz CT molecular complexity index is 700. The molecule has 0 aliphatic rings. The number of nitrogens with one attached hydrogen (secondary N) is 3. The predicted molar refractivity (Wildman–Crippen MR) is 63.6 cm³/mol. The van der Waals surface area contributed by atoms with E-state index < -0.39 is 0 Å². The number of imidazole rings is 2. The summed E-state index contributed by atoms with van der Waals surface area (Å²) in [6, 6.07) is 0. The van der Waals surface area contributed by atoms with E-state index in [4.69, 9.17) is 0 Å². The number of aromatic amines is 2. The number of aromatic nitrogens is 6. The van der Waals surface area contributed by atoms with E-state index in [2.05, 4.69) is 35.2 Å². The first-order valence-electron chi connectivity index (χ1n) is 5.22. The second-order valence-electron chi connectivity index (χ2n) is 3.62. The molecular weight excluding hydrogens is 234 g/mol. The van der Waals surface area contributed by atoms with Gasteiger partial charge in [0.25, 0.3) is 0 Å². The van der Waals surface area contributed by atoms with Gasteiger partial charge in [0.05, 0.1) is 6.33 Å². The highest BCUT2D eigenvalue weighted by Crippen LogP contribution is 2.21. The summed E-state index contributed by atoms with van der Waals surface area (Å²) in [6.07, 6.45) is 4.83. The molecule has 1 amide bonds. The van der Waals surface area contributed by atoms with Crippen molar-refractivity contribution in [1.29, 1.82) is 0 Å². The Morgan fingerprint density at radius 2 is 2.17 bits per heavy atom. The fraction of sp³-hybridized carbons (Fsp3) is 0.100. The summed E-state index contributed by atoms with van der Waals surface area (Å²) in [7, 11) is 0. The number of hydrogen-bond acceptors (Lipinski definition) is 5. The van der Waals surface area contributed by atoms with E-state index >= 15 is 0 Å². The minimum atomic E-state index is -0.240. The monoisotopic (exact) mass is 243 g/mol. The normalized spacial score (nSPS) is 10.7. The lowest BCUT2D eigenvalue weighted by atomic mass is 10.3. The average Bonchev–Trinajstić information content (AvgIpc) is 2.97. The van der Waals surface area contributed by atoms with Crippen molar-refractivity contribution in [3.8, 4) is 11.5 Å². The molecule has 8 heteroatoms. The molecule has 0 saturated heterocycles. The lowest BCUT2D eigenvalue weighted by Crippen LogP contribution is -2.10. The molecule has 0 fully saturated rings. The minimum Gasteiger partial charge on any atom is -0.343 e. The van der Waals surface area contributed by atoms with E-state index in [1.54, 1.807) is 12.4 Å². The molecule has 0 aromatic carbocycles. The van der Waals surface area contributed by atoms with Crippen molar-refractivity contribution in [2.24, 2.45) is 0 Å². The first-order chi connectivity index (χ1) is 8.74. The summed E-state index contributed by atoms with van der Waals surface area (Å²) in [4.78, 5) is 33.5. The molecule has 8 nitrogen and oxygen atoms in total. The summed E-state index contributed by atoms with van der Waals surface area (Å²) in [6.45, 7) is 1.39. The highest BCUT2D eigenvalue weighted by Gasteiger charge is 2.13.